The molecule has 2 rings (SSSR count). The van der Waals surface area contributed by atoms with Gasteiger partial charge in [-0.1, -0.05) is 0 Å². The van der Waals surface area contributed by atoms with Gasteiger partial charge in [0.05, 0.1) is 11.8 Å². The van der Waals surface area contributed by atoms with Gasteiger partial charge in [0.1, 0.15) is 17.0 Å². The maximum absolute atomic E-state index is 13.4. The minimum absolute atomic E-state index is 0.0380. The summed E-state index contributed by atoms with van der Waals surface area (Å²) in [6, 6.07) is 3.13. The number of benzene rings is 1. The van der Waals surface area contributed by atoms with Crippen molar-refractivity contribution >= 4 is 11.6 Å². The fourth-order valence-electron chi connectivity index (χ4n) is 1.28. The van der Waals surface area contributed by atoms with E-state index in [9.17, 15) is 8.78 Å². The topological polar surface area (TPSA) is 26.0 Å². The molecule has 0 spiro atoms. The van der Waals surface area contributed by atoms with Crippen molar-refractivity contribution in [1.29, 1.82) is 0 Å². The first kappa shape index (κ1) is 11.1. The summed E-state index contributed by atoms with van der Waals surface area (Å²) in [6.45, 7) is 1.68. The van der Waals surface area contributed by atoms with E-state index in [1.54, 1.807) is 6.92 Å². The van der Waals surface area contributed by atoms with Crippen molar-refractivity contribution in [2.45, 2.75) is 12.3 Å². The van der Waals surface area contributed by atoms with Crippen molar-refractivity contribution in [2.75, 3.05) is 0 Å². The van der Waals surface area contributed by atoms with E-state index < -0.39 is 17.0 Å². The van der Waals surface area contributed by atoms with Crippen molar-refractivity contribution in [3.8, 4) is 11.3 Å². The highest BCUT2D eigenvalue weighted by molar-refractivity contribution is 6.20. The molecular weight excluding hydrogens is 236 g/mol. The fraction of sp³-hybridized carbons (Fsp3) is 0.182. The van der Waals surface area contributed by atoms with Crippen molar-refractivity contribution in [1.82, 2.24) is 4.98 Å². The van der Waals surface area contributed by atoms with Crippen LogP contribution < -0.4 is 0 Å². The highest BCUT2D eigenvalue weighted by Gasteiger charge is 2.14. The van der Waals surface area contributed by atoms with Crippen LogP contribution in [0.3, 0.4) is 0 Å². The van der Waals surface area contributed by atoms with E-state index in [4.69, 9.17) is 16.0 Å². The van der Waals surface area contributed by atoms with Gasteiger partial charge in [-0.2, -0.15) is 0 Å². The first-order valence-corrected chi connectivity index (χ1v) is 5.07. The maximum Gasteiger partial charge on any atom is 0.212 e. The molecule has 2 aromatic rings. The van der Waals surface area contributed by atoms with E-state index in [1.165, 1.54) is 6.20 Å². The Kier molecular flexibility index (Phi) is 2.92. The summed E-state index contributed by atoms with van der Waals surface area (Å²) in [7, 11) is 0. The van der Waals surface area contributed by atoms with Gasteiger partial charge in [-0.25, -0.2) is 13.8 Å². The normalized spacial score (nSPS) is 12.8. The third-order valence-corrected chi connectivity index (χ3v) is 2.24. The molecule has 0 aliphatic carbocycles. The molecule has 0 saturated heterocycles. The lowest BCUT2D eigenvalue weighted by Crippen LogP contribution is -1.84. The van der Waals surface area contributed by atoms with Crippen LogP contribution in [-0.2, 0) is 0 Å². The van der Waals surface area contributed by atoms with Crippen LogP contribution in [0.2, 0.25) is 0 Å². The van der Waals surface area contributed by atoms with Gasteiger partial charge in [0.15, 0.2) is 5.76 Å². The Balaban J connectivity index is 2.46. The number of aromatic nitrogens is 1. The molecule has 84 valence electrons. The summed E-state index contributed by atoms with van der Waals surface area (Å²) in [5, 5.41) is -0.412. The molecule has 0 saturated carbocycles. The fourth-order valence-corrected chi connectivity index (χ4v) is 1.38. The molecule has 0 amide bonds. The summed E-state index contributed by atoms with van der Waals surface area (Å²) in [4.78, 5) is 3.88. The third kappa shape index (κ3) is 2.07. The van der Waals surface area contributed by atoms with E-state index in [2.05, 4.69) is 4.98 Å². The van der Waals surface area contributed by atoms with Gasteiger partial charge < -0.3 is 4.42 Å². The van der Waals surface area contributed by atoms with Crippen LogP contribution in [0.15, 0.2) is 28.8 Å². The van der Waals surface area contributed by atoms with Gasteiger partial charge in [-0.05, 0) is 25.1 Å². The van der Waals surface area contributed by atoms with Gasteiger partial charge in [-0.3, -0.25) is 0 Å². The Bertz CT molecular complexity index is 510. The van der Waals surface area contributed by atoms with Gasteiger partial charge in [0.25, 0.3) is 0 Å². The Hall–Kier alpha value is -1.42. The molecule has 0 N–H and O–H groups in total. The predicted molar refractivity (Wildman–Crippen MR) is 56.1 cm³/mol. The van der Waals surface area contributed by atoms with Gasteiger partial charge in [0.2, 0.25) is 5.89 Å². The summed E-state index contributed by atoms with van der Waals surface area (Å²) in [6.07, 6.45) is 1.33. The number of oxazole rings is 1. The summed E-state index contributed by atoms with van der Waals surface area (Å²) in [5.74, 6) is -0.653. The first-order chi connectivity index (χ1) is 7.58. The number of nitrogens with zero attached hydrogens (tertiary/aromatic N) is 1. The van der Waals surface area contributed by atoms with E-state index in [0.29, 0.717) is 0 Å². The number of halogens is 3. The van der Waals surface area contributed by atoms with Crippen LogP contribution in [0.5, 0.6) is 0 Å². The SMILES string of the molecule is CC(Cl)c1ncc(-c2cc(F)ccc2F)o1. The van der Waals surface area contributed by atoms with E-state index >= 15 is 0 Å². The van der Waals surface area contributed by atoms with Gasteiger partial charge >= 0.3 is 0 Å². The van der Waals surface area contributed by atoms with Crippen LogP contribution in [0, 0.1) is 11.6 Å². The smallest absolute Gasteiger partial charge is 0.212 e. The van der Waals surface area contributed by atoms with E-state index in [-0.39, 0.29) is 17.2 Å². The summed E-state index contributed by atoms with van der Waals surface area (Å²) >= 11 is 5.75. The molecule has 5 heteroatoms. The lowest BCUT2D eigenvalue weighted by molar-refractivity contribution is 0.502. The highest BCUT2D eigenvalue weighted by Crippen LogP contribution is 2.27. The maximum atomic E-state index is 13.4. The average molecular weight is 244 g/mol. The standard InChI is InChI=1S/C11H8ClF2NO/c1-6(12)11-15-5-10(16-11)8-4-7(13)2-3-9(8)14/h2-6H,1H3. The Morgan fingerprint density at radius 3 is 2.75 bits per heavy atom. The minimum Gasteiger partial charge on any atom is -0.439 e. The Morgan fingerprint density at radius 2 is 2.12 bits per heavy atom. The molecule has 1 unspecified atom stereocenters. The number of hydrogen-bond acceptors (Lipinski definition) is 2. The van der Waals surface area contributed by atoms with E-state index in [1.807, 2.05) is 0 Å². The van der Waals surface area contributed by atoms with Crippen molar-refractivity contribution in [3.63, 3.8) is 0 Å². The Labute approximate surface area is 95.9 Å². The molecule has 0 radical (unpaired) electrons. The molecule has 0 aliphatic rings. The molecular formula is C11H8ClF2NO. The molecule has 0 aliphatic heterocycles. The predicted octanol–water partition coefficient (Wildman–Crippen LogP) is 3.92. The van der Waals surface area contributed by atoms with Crippen LogP contribution in [-0.4, -0.2) is 4.98 Å². The molecule has 1 heterocycles. The van der Waals surface area contributed by atoms with Gasteiger partial charge in [-0.15, -0.1) is 11.6 Å². The third-order valence-electron chi connectivity index (χ3n) is 2.06. The van der Waals surface area contributed by atoms with Crippen LogP contribution in [0.4, 0.5) is 8.78 Å². The van der Waals surface area contributed by atoms with Crippen LogP contribution >= 0.6 is 11.6 Å². The lowest BCUT2D eigenvalue weighted by Gasteiger charge is -1.99. The van der Waals surface area contributed by atoms with E-state index in [0.717, 1.165) is 18.2 Å². The molecule has 2 nitrogen and oxygen atoms in total. The quantitative estimate of drug-likeness (QED) is 0.747. The second kappa shape index (κ2) is 4.22. The lowest BCUT2D eigenvalue weighted by atomic mass is 10.2. The summed E-state index contributed by atoms with van der Waals surface area (Å²) in [5.41, 5.74) is 0.0380. The van der Waals surface area contributed by atoms with Crippen LogP contribution in [0.1, 0.15) is 18.2 Å². The zero-order valence-corrected chi connectivity index (χ0v) is 9.13. The van der Waals surface area contributed by atoms with Crippen molar-refractivity contribution in [3.05, 3.63) is 41.9 Å². The largest absolute Gasteiger partial charge is 0.439 e. The first-order valence-electron chi connectivity index (χ1n) is 4.63. The second-order valence-corrected chi connectivity index (χ2v) is 3.96. The molecule has 16 heavy (non-hydrogen) atoms. The average Bonchev–Trinajstić information content (AvgIpc) is 2.70. The molecule has 1 aromatic carbocycles. The number of rotatable bonds is 2. The molecule has 0 fully saturated rings. The highest BCUT2D eigenvalue weighted by atomic mass is 35.5. The van der Waals surface area contributed by atoms with Crippen molar-refractivity contribution < 1.29 is 13.2 Å². The zero-order valence-electron chi connectivity index (χ0n) is 8.38. The molecule has 1 aromatic heterocycles. The second-order valence-electron chi connectivity index (χ2n) is 3.30. The number of hydrogen-bond donors (Lipinski definition) is 0. The minimum atomic E-state index is -0.564. The van der Waals surface area contributed by atoms with Crippen molar-refractivity contribution in [2.24, 2.45) is 0 Å². The Morgan fingerprint density at radius 1 is 1.38 bits per heavy atom. The molecule has 1 atom stereocenters. The van der Waals surface area contributed by atoms with Crippen LogP contribution in [0.25, 0.3) is 11.3 Å². The summed E-state index contributed by atoms with van der Waals surface area (Å²) < 4.78 is 31.5. The van der Waals surface area contributed by atoms with Gasteiger partial charge in [0, 0.05) is 0 Å². The number of alkyl halides is 1. The monoisotopic (exact) mass is 243 g/mol. The zero-order chi connectivity index (χ0) is 11.7. The molecule has 0 bridgehead atoms.